The molecule has 128 valence electrons. The zero-order chi connectivity index (χ0) is 17.5. The molecule has 2 rings (SSSR count). The van der Waals surface area contributed by atoms with Gasteiger partial charge in [-0.3, -0.25) is 4.79 Å². The van der Waals surface area contributed by atoms with Crippen LogP contribution in [0.2, 0.25) is 0 Å². The number of carbonyl (C=O) groups excluding carboxylic acids is 1. The second kappa shape index (κ2) is 8.24. The Kier molecular flexibility index (Phi) is 6.07. The molecule has 2 aromatic rings. The van der Waals surface area contributed by atoms with Gasteiger partial charge in [-0.25, -0.2) is 0 Å². The second-order valence-corrected chi connectivity index (χ2v) is 5.45. The first-order valence-corrected chi connectivity index (χ1v) is 7.65. The molecule has 0 saturated carbocycles. The van der Waals surface area contributed by atoms with Gasteiger partial charge in [0.1, 0.15) is 0 Å². The number of hydrogen-bond donors (Lipinski definition) is 0. The Morgan fingerprint density at radius 3 is 2.00 bits per heavy atom. The molecule has 0 aliphatic heterocycles. The predicted molar refractivity (Wildman–Crippen MR) is 92.7 cm³/mol. The Bertz CT molecular complexity index is 660. The third kappa shape index (κ3) is 4.19. The van der Waals surface area contributed by atoms with Crippen LogP contribution in [0.3, 0.4) is 0 Å². The standard InChI is InChI=1S/C19H23NO4/c1-20(18(21)12-14-8-6-5-7-9-14)13-15-10-16(22-2)19(24-4)17(11-15)23-3/h5-11H,12-13H2,1-4H3. The Hall–Kier alpha value is -2.69. The smallest absolute Gasteiger partial charge is 0.227 e. The molecule has 0 aliphatic carbocycles. The van der Waals surface area contributed by atoms with Crippen molar-refractivity contribution in [3.63, 3.8) is 0 Å². The van der Waals surface area contributed by atoms with Gasteiger partial charge in [-0.2, -0.15) is 0 Å². The summed E-state index contributed by atoms with van der Waals surface area (Å²) in [7, 11) is 6.50. The monoisotopic (exact) mass is 329 g/mol. The van der Waals surface area contributed by atoms with E-state index in [4.69, 9.17) is 14.2 Å². The number of amides is 1. The second-order valence-electron chi connectivity index (χ2n) is 5.45. The summed E-state index contributed by atoms with van der Waals surface area (Å²) < 4.78 is 16.0. The number of likely N-dealkylation sites (N-methyl/N-ethyl adjacent to an activating group) is 1. The lowest BCUT2D eigenvalue weighted by molar-refractivity contribution is -0.129. The van der Waals surface area contributed by atoms with Crippen molar-refractivity contribution < 1.29 is 19.0 Å². The normalized spacial score (nSPS) is 10.2. The Labute approximate surface area is 142 Å². The van der Waals surface area contributed by atoms with Crippen molar-refractivity contribution in [3.05, 3.63) is 53.6 Å². The Morgan fingerprint density at radius 1 is 0.917 bits per heavy atom. The fourth-order valence-electron chi connectivity index (χ4n) is 2.49. The first kappa shape index (κ1) is 17.7. The van der Waals surface area contributed by atoms with Crippen LogP contribution in [0.5, 0.6) is 17.2 Å². The first-order valence-electron chi connectivity index (χ1n) is 7.65. The SMILES string of the molecule is COc1cc(CN(C)C(=O)Cc2ccccc2)cc(OC)c1OC. The average molecular weight is 329 g/mol. The van der Waals surface area contributed by atoms with Crippen LogP contribution in [0.1, 0.15) is 11.1 Å². The first-order chi connectivity index (χ1) is 11.6. The average Bonchev–Trinajstić information content (AvgIpc) is 2.61. The van der Waals surface area contributed by atoms with Gasteiger partial charge >= 0.3 is 0 Å². The number of methoxy groups -OCH3 is 3. The summed E-state index contributed by atoms with van der Waals surface area (Å²) in [5, 5.41) is 0. The van der Waals surface area contributed by atoms with E-state index in [0.717, 1.165) is 11.1 Å². The van der Waals surface area contributed by atoms with E-state index < -0.39 is 0 Å². The Morgan fingerprint density at radius 2 is 1.50 bits per heavy atom. The van der Waals surface area contributed by atoms with Crippen LogP contribution < -0.4 is 14.2 Å². The molecule has 0 saturated heterocycles. The van der Waals surface area contributed by atoms with E-state index in [-0.39, 0.29) is 5.91 Å². The van der Waals surface area contributed by atoms with E-state index in [9.17, 15) is 4.79 Å². The molecule has 0 N–H and O–H groups in total. The van der Waals surface area contributed by atoms with Crippen molar-refractivity contribution in [3.8, 4) is 17.2 Å². The molecule has 0 fully saturated rings. The minimum atomic E-state index is 0.0509. The lowest BCUT2D eigenvalue weighted by Crippen LogP contribution is -2.27. The highest BCUT2D eigenvalue weighted by Gasteiger charge is 2.16. The fraction of sp³-hybridized carbons (Fsp3) is 0.316. The zero-order valence-corrected chi connectivity index (χ0v) is 14.5. The molecule has 0 unspecified atom stereocenters. The number of rotatable bonds is 7. The quantitative estimate of drug-likeness (QED) is 0.784. The van der Waals surface area contributed by atoms with Gasteiger partial charge in [0.25, 0.3) is 0 Å². The molecular weight excluding hydrogens is 306 g/mol. The summed E-state index contributed by atoms with van der Waals surface area (Å²) in [6.45, 7) is 0.461. The highest BCUT2D eigenvalue weighted by Crippen LogP contribution is 2.38. The van der Waals surface area contributed by atoms with E-state index >= 15 is 0 Å². The van der Waals surface area contributed by atoms with Gasteiger partial charge in [0.2, 0.25) is 11.7 Å². The molecule has 5 nitrogen and oxygen atoms in total. The maximum atomic E-state index is 12.4. The molecule has 0 aromatic heterocycles. The van der Waals surface area contributed by atoms with Crippen LogP contribution in [-0.4, -0.2) is 39.2 Å². The third-order valence-corrected chi connectivity index (χ3v) is 3.77. The molecular formula is C19H23NO4. The summed E-state index contributed by atoms with van der Waals surface area (Å²) in [4.78, 5) is 14.1. The van der Waals surface area contributed by atoms with Gasteiger partial charge in [0.05, 0.1) is 27.8 Å². The van der Waals surface area contributed by atoms with E-state index in [1.807, 2.05) is 42.5 Å². The fourth-order valence-corrected chi connectivity index (χ4v) is 2.49. The summed E-state index contributed by atoms with van der Waals surface area (Å²) in [6, 6.07) is 13.4. The van der Waals surface area contributed by atoms with E-state index in [2.05, 4.69) is 0 Å². The minimum Gasteiger partial charge on any atom is -0.493 e. The molecule has 0 radical (unpaired) electrons. The summed E-state index contributed by atoms with van der Waals surface area (Å²) in [5.74, 6) is 1.75. The van der Waals surface area contributed by atoms with Crippen molar-refractivity contribution in [2.75, 3.05) is 28.4 Å². The van der Waals surface area contributed by atoms with Gasteiger partial charge in [-0.1, -0.05) is 30.3 Å². The Balaban J connectivity index is 2.13. The summed E-state index contributed by atoms with van der Waals surface area (Å²) in [5.41, 5.74) is 1.91. The molecule has 0 aliphatic rings. The van der Waals surface area contributed by atoms with Crippen molar-refractivity contribution >= 4 is 5.91 Å². The van der Waals surface area contributed by atoms with Gasteiger partial charge < -0.3 is 19.1 Å². The molecule has 24 heavy (non-hydrogen) atoms. The molecule has 5 heteroatoms. The van der Waals surface area contributed by atoms with Crippen LogP contribution in [0.15, 0.2) is 42.5 Å². The van der Waals surface area contributed by atoms with Crippen molar-refractivity contribution in [1.29, 1.82) is 0 Å². The number of ether oxygens (including phenoxy) is 3. The van der Waals surface area contributed by atoms with E-state index in [1.54, 1.807) is 33.3 Å². The maximum absolute atomic E-state index is 12.4. The molecule has 0 heterocycles. The molecule has 0 atom stereocenters. The van der Waals surface area contributed by atoms with Crippen molar-refractivity contribution in [2.24, 2.45) is 0 Å². The molecule has 2 aromatic carbocycles. The highest BCUT2D eigenvalue weighted by molar-refractivity contribution is 5.78. The lowest BCUT2D eigenvalue weighted by atomic mass is 10.1. The number of nitrogens with zero attached hydrogens (tertiary/aromatic N) is 1. The molecule has 0 bridgehead atoms. The number of hydrogen-bond acceptors (Lipinski definition) is 4. The van der Waals surface area contributed by atoms with Crippen LogP contribution in [0.25, 0.3) is 0 Å². The topological polar surface area (TPSA) is 48.0 Å². The number of benzene rings is 2. The van der Waals surface area contributed by atoms with Crippen LogP contribution >= 0.6 is 0 Å². The largest absolute Gasteiger partial charge is 0.493 e. The zero-order valence-electron chi connectivity index (χ0n) is 14.5. The summed E-state index contributed by atoms with van der Waals surface area (Å²) in [6.07, 6.45) is 0.377. The van der Waals surface area contributed by atoms with E-state index in [0.29, 0.717) is 30.2 Å². The lowest BCUT2D eigenvalue weighted by Gasteiger charge is -2.19. The predicted octanol–water partition coefficient (Wildman–Crippen LogP) is 2.91. The van der Waals surface area contributed by atoms with Crippen LogP contribution in [-0.2, 0) is 17.8 Å². The van der Waals surface area contributed by atoms with Crippen molar-refractivity contribution in [2.45, 2.75) is 13.0 Å². The molecule has 1 amide bonds. The highest BCUT2D eigenvalue weighted by atomic mass is 16.5. The van der Waals surface area contributed by atoms with Crippen LogP contribution in [0.4, 0.5) is 0 Å². The minimum absolute atomic E-state index is 0.0509. The summed E-state index contributed by atoms with van der Waals surface area (Å²) >= 11 is 0. The van der Waals surface area contributed by atoms with Crippen LogP contribution in [0, 0.1) is 0 Å². The van der Waals surface area contributed by atoms with Gasteiger partial charge in [-0.05, 0) is 23.3 Å². The van der Waals surface area contributed by atoms with Gasteiger partial charge in [0.15, 0.2) is 11.5 Å². The number of carbonyl (C=O) groups is 1. The van der Waals surface area contributed by atoms with Gasteiger partial charge in [0, 0.05) is 13.6 Å². The van der Waals surface area contributed by atoms with Crippen molar-refractivity contribution in [1.82, 2.24) is 4.90 Å². The maximum Gasteiger partial charge on any atom is 0.227 e. The van der Waals surface area contributed by atoms with Gasteiger partial charge in [-0.15, -0.1) is 0 Å². The molecule has 0 spiro atoms. The van der Waals surface area contributed by atoms with E-state index in [1.165, 1.54) is 0 Å². The third-order valence-electron chi connectivity index (χ3n) is 3.77.